The minimum absolute atomic E-state index is 0.153. The van der Waals surface area contributed by atoms with Crippen molar-refractivity contribution in [2.75, 3.05) is 13.1 Å². The van der Waals surface area contributed by atoms with Crippen molar-refractivity contribution < 1.29 is 9.59 Å². The lowest BCUT2D eigenvalue weighted by molar-refractivity contribution is -0.144. The molecule has 2 amide bonds. The van der Waals surface area contributed by atoms with Crippen LogP contribution >= 0.6 is 0 Å². The Morgan fingerprint density at radius 1 is 1.00 bits per heavy atom. The molecule has 2 heterocycles. The molecule has 106 valence electrons. The molecular weight excluding hydrogens is 240 g/mol. The number of amides is 2. The zero-order valence-electron chi connectivity index (χ0n) is 11.8. The van der Waals surface area contributed by atoms with Crippen molar-refractivity contribution in [2.24, 2.45) is 5.92 Å². The Morgan fingerprint density at radius 2 is 1.84 bits per heavy atom. The van der Waals surface area contributed by atoms with Gasteiger partial charge in [-0.25, -0.2) is 0 Å². The SMILES string of the molecule is CC1CCC(N2CCC(=O)N3CCCCC3C2=O)C1. The average Bonchev–Trinajstić information content (AvgIpc) is 2.80. The number of carbonyl (C=O) groups is 2. The van der Waals surface area contributed by atoms with E-state index in [1.54, 1.807) is 0 Å². The van der Waals surface area contributed by atoms with Gasteiger partial charge in [-0.15, -0.1) is 0 Å². The van der Waals surface area contributed by atoms with Crippen LogP contribution in [0.4, 0.5) is 0 Å². The molecule has 3 atom stereocenters. The molecule has 4 nitrogen and oxygen atoms in total. The van der Waals surface area contributed by atoms with Gasteiger partial charge in [0, 0.05) is 25.6 Å². The van der Waals surface area contributed by atoms with Crippen molar-refractivity contribution >= 4 is 11.8 Å². The minimum atomic E-state index is -0.153. The van der Waals surface area contributed by atoms with Crippen LogP contribution in [0.5, 0.6) is 0 Å². The molecule has 4 heteroatoms. The second-order valence-corrected chi connectivity index (χ2v) is 6.45. The molecule has 1 aliphatic carbocycles. The van der Waals surface area contributed by atoms with Crippen molar-refractivity contribution in [1.29, 1.82) is 0 Å². The maximum Gasteiger partial charge on any atom is 0.245 e. The largest absolute Gasteiger partial charge is 0.337 e. The summed E-state index contributed by atoms with van der Waals surface area (Å²) >= 11 is 0. The van der Waals surface area contributed by atoms with E-state index in [4.69, 9.17) is 0 Å². The van der Waals surface area contributed by atoms with E-state index in [1.165, 1.54) is 6.42 Å². The third-order valence-corrected chi connectivity index (χ3v) is 5.07. The van der Waals surface area contributed by atoms with Crippen LogP contribution in [0.15, 0.2) is 0 Å². The van der Waals surface area contributed by atoms with Crippen LogP contribution in [0.3, 0.4) is 0 Å². The third-order valence-electron chi connectivity index (χ3n) is 5.07. The summed E-state index contributed by atoms with van der Waals surface area (Å²) in [5, 5.41) is 0. The van der Waals surface area contributed by atoms with Gasteiger partial charge in [0.2, 0.25) is 11.8 Å². The molecule has 3 aliphatic rings. The first-order valence-corrected chi connectivity index (χ1v) is 7.77. The minimum Gasteiger partial charge on any atom is -0.337 e. The molecule has 19 heavy (non-hydrogen) atoms. The topological polar surface area (TPSA) is 40.6 Å². The first-order chi connectivity index (χ1) is 9.16. The molecule has 3 fully saturated rings. The van der Waals surface area contributed by atoms with Crippen molar-refractivity contribution in [3.8, 4) is 0 Å². The molecule has 0 aromatic carbocycles. The summed E-state index contributed by atoms with van der Waals surface area (Å²) in [6.07, 6.45) is 6.97. The van der Waals surface area contributed by atoms with Gasteiger partial charge in [0.05, 0.1) is 0 Å². The predicted molar refractivity (Wildman–Crippen MR) is 72.5 cm³/mol. The Balaban J connectivity index is 1.79. The molecule has 0 aromatic heterocycles. The summed E-state index contributed by atoms with van der Waals surface area (Å²) < 4.78 is 0. The quantitative estimate of drug-likeness (QED) is 0.724. The number of hydrogen-bond acceptors (Lipinski definition) is 2. The predicted octanol–water partition coefficient (Wildman–Crippen LogP) is 1.79. The summed E-state index contributed by atoms with van der Waals surface area (Å²) in [4.78, 5) is 28.8. The summed E-state index contributed by atoms with van der Waals surface area (Å²) in [5.74, 6) is 1.13. The molecule has 0 aromatic rings. The number of carbonyl (C=O) groups excluding carboxylic acids is 2. The second kappa shape index (κ2) is 5.14. The molecule has 1 saturated carbocycles. The lowest BCUT2D eigenvalue weighted by Crippen LogP contribution is -2.51. The van der Waals surface area contributed by atoms with Crippen LogP contribution in [0.2, 0.25) is 0 Å². The summed E-state index contributed by atoms with van der Waals surface area (Å²) in [5.41, 5.74) is 0. The van der Waals surface area contributed by atoms with Crippen LogP contribution in [0, 0.1) is 5.92 Å². The fourth-order valence-corrected chi connectivity index (χ4v) is 3.97. The zero-order chi connectivity index (χ0) is 13.4. The summed E-state index contributed by atoms with van der Waals surface area (Å²) in [6.45, 7) is 3.69. The van der Waals surface area contributed by atoms with Crippen molar-refractivity contribution in [2.45, 2.75) is 64.0 Å². The van der Waals surface area contributed by atoms with E-state index >= 15 is 0 Å². The van der Waals surface area contributed by atoms with Crippen molar-refractivity contribution in [3.05, 3.63) is 0 Å². The number of rotatable bonds is 1. The zero-order valence-corrected chi connectivity index (χ0v) is 11.8. The molecule has 2 saturated heterocycles. The fraction of sp³-hybridized carbons (Fsp3) is 0.867. The van der Waals surface area contributed by atoms with E-state index in [0.29, 0.717) is 19.0 Å². The van der Waals surface area contributed by atoms with E-state index in [1.807, 2.05) is 9.80 Å². The third kappa shape index (κ3) is 2.37. The number of hydrogen-bond donors (Lipinski definition) is 0. The Bertz CT molecular complexity index is 382. The van der Waals surface area contributed by atoms with Gasteiger partial charge in [0.25, 0.3) is 0 Å². The highest BCUT2D eigenvalue weighted by atomic mass is 16.2. The van der Waals surface area contributed by atoms with Crippen LogP contribution < -0.4 is 0 Å². The van der Waals surface area contributed by atoms with Gasteiger partial charge in [0.15, 0.2) is 0 Å². The van der Waals surface area contributed by atoms with E-state index < -0.39 is 0 Å². The maximum atomic E-state index is 12.8. The highest BCUT2D eigenvalue weighted by Crippen LogP contribution is 2.32. The van der Waals surface area contributed by atoms with Gasteiger partial charge >= 0.3 is 0 Å². The van der Waals surface area contributed by atoms with Crippen LogP contribution in [0.25, 0.3) is 0 Å². The van der Waals surface area contributed by atoms with Gasteiger partial charge in [-0.05, 0) is 44.4 Å². The lowest BCUT2D eigenvalue weighted by atomic mass is 10.0. The van der Waals surface area contributed by atoms with Crippen LogP contribution in [0.1, 0.15) is 51.9 Å². The van der Waals surface area contributed by atoms with Crippen LogP contribution in [-0.2, 0) is 9.59 Å². The van der Waals surface area contributed by atoms with Gasteiger partial charge < -0.3 is 9.80 Å². The Labute approximate surface area is 115 Å². The Morgan fingerprint density at radius 3 is 2.58 bits per heavy atom. The molecule has 3 unspecified atom stereocenters. The molecule has 0 spiro atoms. The first-order valence-electron chi connectivity index (χ1n) is 7.77. The van der Waals surface area contributed by atoms with E-state index in [9.17, 15) is 9.59 Å². The fourth-order valence-electron chi connectivity index (χ4n) is 3.97. The van der Waals surface area contributed by atoms with E-state index in [-0.39, 0.29) is 17.9 Å². The smallest absolute Gasteiger partial charge is 0.245 e. The molecule has 0 N–H and O–H groups in total. The lowest BCUT2D eigenvalue weighted by Gasteiger charge is -2.36. The van der Waals surface area contributed by atoms with Gasteiger partial charge in [-0.3, -0.25) is 9.59 Å². The monoisotopic (exact) mass is 264 g/mol. The van der Waals surface area contributed by atoms with Crippen molar-refractivity contribution in [3.63, 3.8) is 0 Å². The highest BCUT2D eigenvalue weighted by Gasteiger charge is 2.41. The molecule has 0 bridgehead atoms. The van der Waals surface area contributed by atoms with Gasteiger partial charge in [-0.1, -0.05) is 6.92 Å². The van der Waals surface area contributed by atoms with E-state index in [0.717, 1.165) is 44.6 Å². The van der Waals surface area contributed by atoms with Crippen molar-refractivity contribution in [1.82, 2.24) is 9.80 Å². The molecule has 0 radical (unpaired) electrons. The Hall–Kier alpha value is -1.06. The standard InChI is InChI=1S/C15H24N2O2/c1-11-5-6-12(10-11)16-9-7-14(18)17-8-3-2-4-13(17)15(16)19/h11-13H,2-10H2,1H3. The second-order valence-electron chi connectivity index (χ2n) is 6.45. The Kier molecular flexibility index (Phi) is 3.50. The summed E-state index contributed by atoms with van der Waals surface area (Å²) in [7, 11) is 0. The highest BCUT2D eigenvalue weighted by molar-refractivity contribution is 5.90. The number of fused-ring (bicyclic) bond motifs is 1. The summed E-state index contributed by atoms with van der Waals surface area (Å²) in [6, 6.07) is 0.233. The number of piperidine rings is 1. The van der Waals surface area contributed by atoms with E-state index in [2.05, 4.69) is 6.92 Å². The number of nitrogens with zero attached hydrogens (tertiary/aromatic N) is 2. The molecular formula is C15H24N2O2. The molecule has 2 aliphatic heterocycles. The maximum absolute atomic E-state index is 12.8. The van der Waals surface area contributed by atoms with Crippen LogP contribution in [-0.4, -0.2) is 46.8 Å². The van der Waals surface area contributed by atoms with Gasteiger partial charge in [0.1, 0.15) is 6.04 Å². The van der Waals surface area contributed by atoms with Gasteiger partial charge in [-0.2, -0.15) is 0 Å². The normalized spacial score (nSPS) is 36.4. The molecule has 3 rings (SSSR count). The first kappa shape index (κ1) is 12.9. The average molecular weight is 264 g/mol.